The highest BCUT2D eigenvalue weighted by molar-refractivity contribution is 4.87. The smallest absolute Gasteiger partial charge is 0.0223 e. The fraction of sp³-hybridized carbons (Fsp3) is 1.00. The van der Waals surface area contributed by atoms with Gasteiger partial charge in [-0.15, -0.1) is 0 Å². The molecule has 3 unspecified atom stereocenters. The number of nitrogens with one attached hydrogen (secondary N) is 1. The van der Waals surface area contributed by atoms with Crippen LogP contribution in [0.3, 0.4) is 0 Å². The highest BCUT2D eigenvalue weighted by Crippen LogP contribution is 2.23. The molecule has 112 valence electrons. The summed E-state index contributed by atoms with van der Waals surface area (Å²) in [5.74, 6) is 0.750. The molecule has 2 heterocycles. The van der Waals surface area contributed by atoms with Crippen molar-refractivity contribution in [2.75, 3.05) is 39.3 Å². The summed E-state index contributed by atoms with van der Waals surface area (Å²) in [7, 11) is 0. The van der Waals surface area contributed by atoms with Gasteiger partial charge in [-0.1, -0.05) is 13.8 Å². The maximum absolute atomic E-state index is 3.58. The zero-order valence-corrected chi connectivity index (χ0v) is 13.2. The van der Waals surface area contributed by atoms with Crippen LogP contribution in [0.25, 0.3) is 0 Å². The fourth-order valence-electron chi connectivity index (χ4n) is 3.64. The molecule has 3 heteroatoms. The van der Waals surface area contributed by atoms with E-state index in [0.29, 0.717) is 6.04 Å². The monoisotopic (exact) mass is 267 g/mol. The first-order chi connectivity index (χ1) is 9.22. The Labute approximate surface area is 119 Å². The van der Waals surface area contributed by atoms with E-state index in [4.69, 9.17) is 0 Å². The minimum atomic E-state index is 0.713. The Balaban J connectivity index is 1.81. The molecule has 1 N–H and O–H groups in total. The van der Waals surface area contributed by atoms with Crippen LogP contribution in [0, 0.1) is 5.92 Å². The van der Waals surface area contributed by atoms with E-state index in [1.54, 1.807) is 0 Å². The van der Waals surface area contributed by atoms with Crippen LogP contribution in [0.1, 0.15) is 46.5 Å². The van der Waals surface area contributed by atoms with E-state index < -0.39 is 0 Å². The molecule has 0 amide bonds. The largest absolute Gasteiger partial charge is 0.316 e. The van der Waals surface area contributed by atoms with Gasteiger partial charge in [-0.25, -0.2) is 0 Å². The molecular formula is C16H33N3. The van der Waals surface area contributed by atoms with Gasteiger partial charge < -0.3 is 5.32 Å². The van der Waals surface area contributed by atoms with Crippen molar-refractivity contribution in [1.29, 1.82) is 0 Å². The minimum absolute atomic E-state index is 0.713. The molecule has 2 aliphatic rings. The SMILES string of the molecule is CCCNCC(C)C(C)N1CCCN2CCCC2C1. The number of nitrogens with zero attached hydrogens (tertiary/aromatic N) is 2. The van der Waals surface area contributed by atoms with E-state index in [2.05, 4.69) is 35.9 Å². The summed E-state index contributed by atoms with van der Waals surface area (Å²) >= 11 is 0. The van der Waals surface area contributed by atoms with Gasteiger partial charge in [0.2, 0.25) is 0 Å². The predicted molar refractivity (Wildman–Crippen MR) is 82.6 cm³/mol. The summed E-state index contributed by atoms with van der Waals surface area (Å²) in [6.45, 7) is 14.7. The van der Waals surface area contributed by atoms with Gasteiger partial charge >= 0.3 is 0 Å². The summed E-state index contributed by atoms with van der Waals surface area (Å²) in [4.78, 5) is 5.49. The van der Waals surface area contributed by atoms with Crippen LogP contribution in [0.2, 0.25) is 0 Å². The lowest BCUT2D eigenvalue weighted by Gasteiger charge is -2.34. The van der Waals surface area contributed by atoms with Crippen molar-refractivity contribution in [2.45, 2.75) is 58.5 Å². The Morgan fingerprint density at radius 3 is 2.74 bits per heavy atom. The molecule has 0 saturated carbocycles. The van der Waals surface area contributed by atoms with Crippen LogP contribution in [-0.2, 0) is 0 Å². The maximum Gasteiger partial charge on any atom is 0.0223 e. The number of rotatable bonds is 6. The second kappa shape index (κ2) is 7.61. The number of fused-ring (bicyclic) bond motifs is 1. The molecule has 2 saturated heterocycles. The lowest BCUT2D eigenvalue weighted by Crippen LogP contribution is -2.45. The molecule has 19 heavy (non-hydrogen) atoms. The van der Waals surface area contributed by atoms with Crippen LogP contribution in [-0.4, -0.2) is 61.2 Å². The third-order valence-corrected chi connectivity index (χ3v) is 5.13. The van der Waals surface area contributed by atoms with Crippen molar-refractivity contribution in [3.8, 4) is 0 Å². The van der Waals surface area contributed by atoms with E-state index >= 15 is 0 Å². The molecule has 3 nitrogen and oxygen atoms in total. The molecule has 0 aromatic heterocycles. The average molecular weight is 267 g/mol. The van der Waals surface area contributed by atoms with Crippen LogP contribution >= 0.6 is 0 Å². The van der Waals surface area contributed by atoms with Crippen molar-refractivity contribution in [2.24, 2.45) is 5.92 Å². The Morgan fingerprint density at radius 1 is 1.16 bits per heavy atom. The van der Waals surface area contributed by atoms with Gasteiger partial charge in [0, 0.05) is 18.6 Å². The molecule has 3 atom stereocenters. The molecule has 2 aliphatic heterocycles. The molecule has 2 rings (SSSR count). The Hall–Kier alpha value is -0.120. The first-order valence-electron chi connectivity index (χ1n) is 8.41. The molecule has 0 spiro atoms. The highest BCUT2D eigenvalue weighted by Gasteiger charge is 2.31. The molecule has 0 aromatic carbocycles. The molecule has 0 aliphatic carbocycles. The van der Waals surface area contributed by atoms with Crippen LogP contribution in [0.15, 0.2) is 0 Å². The maximum atomic E-state index is 3.58. The Kier molecular flexibility index (Phi) is 6.11. The third-order valence-electron chi connectivity index (χ3n) is 5.13. The quantitative estimate of drug-likeness (QED) is 0.744. The summed E-state index contributed by atoms with van der Waals surface area (Å²) < 4.78 is 0. The van der Waals surface area contributed by atoms with E-state index in [1.807, 2.05) is 0 Å². The lowest BCUT2D eigenvalue weighted by atomic mass is 10.0. The van der Waals surface area contributed by atoms with Crippen molar-refractivity contribution in [3.63, 3.8) is 0 Å². The Bertz CT molecular complexity index is 256. The standard InChI is InChI=1S/C16H33N3/c1-4-8-17-12-14(2)15(3)19-11-6-10-18-9-5-7-16(18)13-19/h14-17H,4-13H2,1-3H3. The van der Waals surface area contributed by atoms with E-state index in [9.17, 15) is 0 Å². The van der Waals surface area contributed by atoms with Crippen molar-refractivity contribution in [3.05, 3.63) is 0 Å². The second-order valence-corrected chi connectivity index (χ2v) is 6.60. The Morgan fingerprint density at radius 2 is 1.95 bits per heavy atom. The third kappa shape index (κ3) is 4.17. The zero-order chi connectivity index (χ0) is 13.7. The lowest BCUT2D eigenvalue weighted by molar-refractivity contribution is 0.144. The van der Waals surface area contributed by atoms with Crippen LogP contribution in [0.4, 0.5) is 0 Å². The van der Waals surface area contributed by atoms with Gasteiger partial charge in [0.15, 0.2) is 0 Å². The van der Waals surface area contributed by atoms with E-state index in [0.717, 1.165) is 18.5 Å². The van der Waals surface area contributed by atoms with Crippen LogP contribution in [0.5, 0.6) is 0 Å². The fourth-order valence-corrected chi connectivity index (χ4v) is 3.64. The number of hydrogen-bond acceptors (Lipinski definition) is 3. The van der Waals surface area contributed by atoms with Gasteiger partial charge in [0.25, 0.3) is 0 Å². The summed E-state index contributed by atoms with van der Waals surface area (Å²) in [6.07, 6.45) is 5.43. The van der Waals surface area contributed by atoms with Gasteiger partial charge in [-0.2, -0.15) is 0 Å². The molecule has 0 radical (unpaired) electrons. The highest BCUT2D eigenvalue weighted by atomic mass is 15.3. The van der Waals surface area contributed by atoms with Crippen molar-refractivity contribution >= 4 is 0 Å². The normalized spacial score (nSPS) is 28.9. The van der Waals surface area contributed by atoms with Gasteiger partial charge in [-0.3, -0.25) is 9.80 Å². The number of hydrogen-bond donors (Lipinski definition) is 1. The summed E-state index contributed by atoms with van der Waals surface area (Å²) in [5.41, 5.74) is 0. The molecular weight excluding hydrogens is 234 g/mol. The first kappa shape index (κ1) is 15.3. The van der Waals surface area contributed by atoms with E-state index in [1.165, 1.54) is 58.4 Å². The van der Waals surface area contributed by atoms with Crippen LogP contribution < -0.4 is 5.32 Å². The van der Waals surface area contributed by atoms with Gasteiger partial charge in [0.05, 0.1) is 0 Å². The summed E-state index contributed by atoms with van der Waals surface area (Å²) in [6, 6.07) is 1.56. The molecule has 2 fully saturated rings. The predicted octanol–water partition coefficient (Wildman–Crippen LogP) is 2.18. The summed E-state index contributed by atoms with van der Waals surface area (Å²) in [5, 5.41) is 3.58. The second-order valence-electron chi connectivity index (χ2n) is 6.60. The van der Waals surface area contributed by atoms with E-state index in [-0.39, 0.29) is 0 Å². The zero-order valence-electron chi connectivity index (χ0n) is 13.2. The first-order valence-corrected chi connectivity index (χ1v) is 8.41. The topological polar surface area (TPSA) is 18.5 Å². The van der Waals surface area contributed by atoms with Gasteiger partial charge in [0.1, 0.15) is 0 Å². The molecule has 0 bridgehead atoms. The minimum Gasteiger partial charge on any atom is -0.316 e. The van der Waals surface area contributed by atoms with Gasteiger partial charge in [-0.05, 0) is 71.2 Å². The van der Waals surface area contributed by atoms with Crippen molar-refractivity contribution < 1.29 is 0 Å². The van der Waals surface area contributed by atoms with Crippen molar-refractivity contribution in [1.82, 2.24) is 15.1 Å². The molecule has 0 aromatic rings. The average Bonchev–Trinajstić information content (AvgIpc) is 2.75.